The standard InChI is InChI=1S/C23H25ClN2O4/c1-25-8-10-26(11-9-25)7-4-12-30-18-13-15(14-24)21(27)20-19(18)22(28)16-5-2-3-6-17(16)23(20)29/h2-3,5-6,13,27H,4,7-12,14H2,1H3. The topological polar surface area (TPSA) is 70.1 Å². The third-order valence-electron chi connectivity index (χ3n) is 5.83. The van der Waals surface area contributed by atoms with Gasteiger partial charge in [-0.3, -0.25) is 9.59 Å². The van der Waals surface area contributed by atoms with Gasteiger partial charge in [0.2, 0.25) is 0 Å². The Labute approximate surface area is 181 Å². The lowest BCUT2D eigenvalue weighted by atomic mass is 9.82. The van der Waals surface area contributed by atoms with Crippen LogP contribution in [0.4, 0.5) is 0 Å². The Kier molecular flexibility index (Phi) is 6.09. The molecule has 0 spiro atoms. The number of alkyl halides is 1. The highest BCUT2D eigenvalue weighted by Crippen LogP contribution is 2.41. The summed E-state index contributed by atoms with van der Waals surface area (Å²) in [5, 5.41) is 10.6. The molecule has 6 nitrogen and oxygen atoms in total. The van der Waals surface area contributed by atoms with Gasteiger partial charge in [0.25, 0.3) is 0 Å². The monoisotopic (exact) mass is 428 g/mol. The molecule has 7 heteroatoms. The highest BCUT2D eigenvalue weighted by molar-refractivity contribution is 6.30. The number of benzene rings is 2. The Balaban J connectivity index is 1.56. The molecule has 0 atom stereocenters. The number of carbonyl (C=O) groups is 2. The number of rotatable bonds is 6. The van der Waals surface area contributed by atoms with Crippen LogP contribution >= 0.6 is 11.6 Å². The number of halogens is 1. The lowest BCUT2D eigenvalue weighted by molar-refractivity contribution is 0.0972. The van der Waals surface area contributed by atoms with Crippen molar-refractivity contribution in [2.24, 2.45) is 0 Å². The van der Waals surface area contributed by atoms with Gasteiger partial charge in [-0.2, -0.15) is 0 Å². The number of likely N-dealkylation sites (N-methyl/N-ethyl adjacent to an activating group) is 1. The van der Waals surface area contributed by atoms with Gasteiger partial charge in [0.05, 0.1) is 23.6 Å². The first-order valence-electron chi connectivity index (χ1n) is 10.2. The molecule has 158 valence electrons. The number of carbonyl (C=O) groups excluding carboxylic acids is 2. The predicted octanol–water partition coefficient (Wildman–Crippen LogP) is 2.92. The van der Waals surface area contributed by atoms with Gasteiger partial charge in [-0.1, -0.05) is 24.3 Å². The van der Waals surface area contributed by atoms with Crippen molar-refractivity contribution in [3.05, 3.63) is 58.1 Å². The van der Waals surface area contributed by atoms with Crippen LogP contribution in [0.15, 0.2) is 30.3 Å². The molecule has 1 N–H and O–H groups in total. The molecule has 1 aliphatic heterocycles. The first-order valence-corrected chi connectivity index (χ1v) is 10.7. The second-order valence-electron chi connectivity index (χ2n) is 7.82. The highest BCUT2D eigenvalue weighted by atomic mass is 35.5. The fourth-order valence-electron chi connectivity index (χ4n) is 4.05. The van der Waals surface area contributed by atoms with Crippen LogP contribution in [0, 0.1) is 0 Å². The minimum atomic E-state index is -0.382. The lowest BCUT2D eigenvalue weighted by Gasteiger charge is -2.32. The average Bonchev–Trinajstić information content (AvgIpc) is 2.76. The van der Waals surface area contributed by atoms with E-state index in [-0.39, 0.29) is 39.9 Å². The zero-order valence-electron chi connectivity index (χ0n) is 17.0. The Hall–Kier alpha value is -2.41. The predicted molar refractivity (Wildman–Crippen MR) is 115 cm³/mol. The van der Waals surface area contributed by atoms with Crippen molar-refractivity contribution in [1.82, 2.24) is 9.80 Å². The van der Waals surface area contributed by atoms with E-state index in [9.17, 15) is 14.7 Å². The third-order valence-corrected chi connectivity index (χ3v) is 6.12. The van der Waals surface area contributed by atoms with E-state index in [0.29, 0.717) is 23.5 Å². The third kappa shape index (κ3) is 3.83. The maximum absolute atomic E-state index is 13.1. The van der Waals surface area contributed by atoms with E-state index in [0.717, 1.165) is 39.1 Å². The Morgan fingerprint density at radius 2 is 1.67 bits per heavy atom. The van der Waals surface area contributed by atoms with Crippen molar-refractivity contribution < 1.29 is 19.4 Å². The summed E-state index contributed by atoms with van der Waals surface area (Å²) < 4.78 is 5.97. The van der Waals surface area contributed by atoms with E-state index in [2.05, 4.69) is 16.8 Å². The maximum atomic E-state index is 13.1. The molecular weight excluding hydrogens is 404 g/mol. The molecule has 1 saturated heterocycles. The van der Waals surface area contributed by atoms with Crippen LogP contribution in [0.1, 0.15) is 43.8 Å². The Morgan fingerprint density at radius 1 is 1.03 bits per heavy atom. The SMILES string of the molecule is CN1CCN(CCCOc2cc(CCl)c(O)c3c2C(=O)c2ccccc2C3=O)CC1. The summed E-state index contributed by atoms with van der Waals surface area (Å²) in [6.45, 7) is 5.50. The van der Waals surface area contributed by atoms with Crippen LogP contribution in [0.3, 0.4) is 0 Å². The highest BCUT2D eigenvalue weighted by Gasteiger charge is 2.35. The molecule has 1 aliphatic carbocycles. The summed E-state index contributed by atoms with van der Waals surface area (Å²) in [6, 6.07) is 8.23. The van der Waals surface area contributed by atoms with E-state index in [1.54, 1.807) is 30.3 Å². The first kappa shape index (κ1) is 20.8. The van der Waals surface area contributed by atoms with Crippen LogP contribution < -0.4 is 4.74 Å². The molecule has 1 fully saturated rings. The van der Waals surface area contributed by atoms with Crippen molar-refractivity contribution >= 4 is 23.2 Å². The average molecular weight is 429 g/mol. The Bertz CT molecular complexity index is 983. The molecule has 2 aromatic rings. The van der Waals surface area contributed by atoms with Crippen molar-refractivity contribution in [1.29, 1.82) is 0 Å². The van der Waals surface area contributed by atoms with Crippen LogP contribution in [-0.2, 0) is 5.88 Å². The normalized spacial score (nSPS) is 17.0. The molecule has 2 aliphatic rings. The van der Waals surface area contributed by atoms with Gasteiger partial charge in [0.1, 0.15) is 11.5 Å². The van der Waals surface area contributed by atoms with Gasteiger partial charge in [0.15, 0.2) is 11.6 Å². The van der Waals surface area contributed by atoms with E-state index >= 15 is 0 Å². The zero-order valence-corrected chi connectivity index (χ0v) is 17.7. The summed E-state index contributed by atoms with van der Waals surface area (Å²) in [5.74, 6) is -0.611. The first-order chi connectivity index (χ1) is 14.5. The van der Waals surface area contributed by atoms with E-state index in [4.69, 9.17) is 16.3 Å². The van der Waals surface area contributed by atoms with Gasteiger partial charge < -0.3 is 19.6 Å². The minimum Gasteiger partial charge on any atom is -0.507 e. The van der Waals surface area contributed by atoms with Crippen LogP contribution in [0.25, 0.3) is 0 Å². The fraction of sp³-hybridized carbons (Fsp3) is 0.391. The molecule has 0 saturated carbocycles. The Morgan fingerprint density at radius 3 is 2.30 bits per heavy atom. The number of nitrogens with zero attached hydrogens (tertiary/aromatic N) is 2. The number of aromatic hydroxyl groups is 1. The molecular formula is C23H25ClN2O4. The second-order valence-corrected chi connectivity index (χ2v) is 8.08. The van der Waals surface area contributed by atoms with Gasteiger partial charge in [0, 0.05) is 49.4 Å². The molecule has 4 rings (SSSR count). The summed E-state index contributed by atoms with van der Waals surface area (Å²) >= 11 is 5.98. The van der Waals surface area contributed by atoms with Crippen LogP contribution in [-0.4, -0.2) is 72.9 Å². The quantitative estimate of drug-likeness (QED) is 0.481. The number of hydrogen-bond donors (Lipinski definition) is 1. The van der Waals surface area contributed by atoms with Gasteiger partial charge in [-0.15, -0.1) is 11.6 Å². The van der Waals surface area contributed by atoms with Crippen molar-refractivity contribution in [3.8, 4) is 11.5 Å². The summed E-state index contributed by atoms with van der Waals surface area (Å²) in [4.78, 5) is 30.9. The molecule has 0 aromatic heterocycles. The van der Waals surface area contributed by atoms with E-state index < -0.39 is 0 Å². The molecule has 0 radical (unpaired) electrons. The molecule has 2 aromatic carbocycles. The van der Waals surface area contributed by atoms with E-state index in [1.165, 1.54) is 0 Å². The number of phenolic OH excluding ortho intramolecular Hbond substituents is 1. The maximum Gasteiger partial charge on any atom is 0.198 e. The van der Waals surface area contributed by atoms with Crippen LogP contribution in [0.5, 0.6) is 11.5 Å². The number of hydrogen-bond acceptors (Lipinski definition) is 6. The minimum absolute atomic E-state index is 0.00841. The van der Waals surface area contributed by atoms with Crippen molar-refractivity contribution in [2.45, 2.75) is 12.3 Å². The number of piperazine rings is 1. The van der Waals surface area contributed by atoms with Crippen molar-refractivity contribution in [2.75, 3.05) is 46.4 Å². The lowest BCUT2D eigenvalue weighted by Crippen LogP contribution is -2.44. The van der Waals surface area contributed by atoms with Gasteiger partial charge in [-0.05, 0) is 19.5 Å². The second kappa shape index (κ2) is 8.76. The number of ether oxygens (including phenoxy) is 1. The number of fused-ring (bicyclic) bond motifs is 2. The number of ketones is 2. The largest absolute Gasteiger partial charge is 0.507 e. The summed E-state index contributed by atoms with van der Waals surface area (Å²) in [5.41, 5.74) is 1.12. The van der Waals surface area contributed by atoms with Gasteiger partial charge in [-0.25, -0.2) is 0 Å². The summed E-state index contributed by atoms with van der Waals surface area (Å²) in [6.07, 6.45) is 0.800. The zero-order chi connectivity index (χ0) is 21.3. The molecule has 0 bridgehead atoms. The molecule has 0 amide bonds. The molecule has 30 heavy (non-hydrogen) atoms. The molecule has 1 heterocycles. The number of phenols is 1. The van der Waals surface area contributed by atoms with Gasteiger partial charge >= 0.3 is 0 Å². The summed E-state index contributed by atoms with van der Waals surface area (Å²) in [7, 11) is 2.12. The van der Waals surface area contributed by atoms with Crippen molar-refractivity contribution in [3.63, 3.8) is 0 Å². The smallest absolute Gasteiger partial charge is 0.198 e. The van der Waals surface area contributed by atoms with Crippen LogP contribution in [0.2, 0.25) is 0 Å². The molecule has 0 unspecified atom stereocenters. The fourth-order valence-corrected chi connectivity index (χ4v) is 4.26. The van der Waals surface area contributed by atoms with E-state index in [1.807, 2.05) is 0 Å².